The molecule has 0 aliphatic rings. The highest BCUT2D eigenvalue weighted by molar-refractivity contribution is 9.10. The average Bonchev–Trinajstić information content (AvgIpc) is 2.29. The molecule has 0 aliphatic carbocycles. The van der Waals surface area contributed by atoms with Gasteiger partial charge in [-0.3, -0.25) is 4.21 Å². The van der Waals surface area contributed by atoms with Gasteiger partial charge in [0.1, 0.15) is 5.82 Å². The van der Waals surface area contributed by atoms with Crippen LogP contribution in [-0.4, -0.2) is 4.21 Å². The van der Waals surface area contributed by atoms with E-state index in [4.69, 9.17) is 0 Å². The van der Waals surface area contributed by atoms with E-state index in [0.29, 0.717) is 10.6 Å². The lowest BCUT2D eigenvalue weighted by Crippen LogP contribution is -1.96. The molecule has 0 radical (unpaired) electrons. The first-order valence-corrected chi connectivity index (χ1v) is 7.15. The van der Waals surface area contributed by atoms with E-state index in [1.54, 1.807) is 12.1 Å². The van der Waals surface area contributed by atoms with E-state index >= 15 is 0 Å². The van der Waals surface area contributed by atoms with Crippen molar-refractivity contribution in [1.82, 2.24) is 0 Å². The van der Waals surface area contributed by atoms with E-state index in [0.717, 1.165) is 10.0 Å². The maximum absolute atomic E-state index is 12.7. The Labute approximate surface area is 110 Å². The van der Waals surface area contributed by atoms with E-state index in [2.05, 4.69) is 15.9 Å². The number of benzene rings is 2. The smallest absolute Gasteiger partial charge is 0.123 e. The average molecular weight is 313 g/mol. The summed E-state index contributed by atoms with van der Waals surface area (Å²) in [6.45, 7) is 0. The minimum absolute atomic E-state index is 0.312. The summed E-state index contributed by atoms with van der Waals surface area (Å²) in [6.07, 6.45) is 0. The SMILES string of the molecule is O=S(Cc1cccc(Br)c1)c1ccc(F)cc1. The molecule has 0 N–H and O–H groups in total. The molecule has 0 spiro atoms. The van der Waals surface area contributed by atoms with E-state index in [-0.39, 0.29) is 5.82 Å². The van der Waals surface area contributed by atoms with Crippen LogP contribution in [-0.2, 0) is 16.6 Å². The van der Waals surface area contributed by atoms with Crippen molar-refractivity contribution in [3.05, 3.63) is 64.4 Å². The summed E-state index contributed by atoms with van der Waals surface area (Å²) in [6, 6.07) is 13.5. The summed E-state index contributed by atoms with van der Waals surface area (Å²) < 4.78 is 25.7. The minimum atomic E-state index is -1.14. The van der Waals surface area contributed by atoms with Gasteiger partial charge in [-0.1, -0.05) is 28.1 Å². The fourth-order valence-electron chi connectivity index (χ4n) is 1.45. The van der Waals surface area contributed by atoms with Crippen molar-refractivity contribution in [2.45, 2.75) is 10.6 Å². The van der Waals surface area contributed by atoms with Crippen LogP contribution in [0, 0.1) is 5.82 Å². The molecule has 4 heteroatoms. The van der Waals surface area contributed by atoms with Gasteiger partial charge < -0.3 is 0 Å². The molecule has 2 aromatic rings. The molecule has 17 heavy (non-hydrogen) atoms. The highest BCUT2D eigenvalue weighted by Gasteiger charge is 2.05. The second kappa shape index (κ2) is 5.56. The summed E-state index contributed by atoms with van der Waals surface area (Å²) in [5.41, 5.74) is 0.988. The Morgan fingerprint density at radius 1 is 1.12 bits per heavy atom. The van der Waals surface area contributed by atoms with Gasteiger partial charge in [0.15, 0.2) is 0 Å². The number of halogens is 2. The fraction of sp³-hybridized carbons (Fsp3) is 0.0769. The lowest BCUT2D eigenvalue weighted by Gasteiger charge is -2.03. The Morgan fingerprint density at radius 3 is 2.47 bits per heavy atom. The molecule has 1 unspecified atom stereocenters. The maximum Gasteiger partial charge on any atom is 0.123 e. The van der Waals surface area contributed by atoms with Crippen LogP contribution in [0.25, 0.3) is 0 Å². The molecule has 0 saturated heterocycles. The lowest BCUT2D eigenvalue weighted by atomic mass is 10.2. The molecular formula is C13H10BrFOS. The Morgan fingerprint density at radius 2 is 1.82 bits per heavy atom. The molecule has 0 aliphatic heterocycles. The molecule has 0 amide bonds. The van der Waals surface area contributed by atoms with E-state index in [1.165, 1.54) is 12.1 Å². The molecule has 0 heterocycles. The van der Waals surface area contributed by atoms with Crippen LogP contribution < -0.4 is 0 Å². The fourth-order valence-corrected chi connectivity index (χ4v) is 2.98. The number of hydrogen-bond acceptors (Lipinski definition) is 1. The molecule has 2 aromatic carbocycles. The minimum Gasteiger partial charge on any atom is -0.254 e. The van der Waals surface area contributed by atoms with Crippen molar-refractivity contribution in [3.63, 3.8) is 0 Å². The van der Waals surface area contributed by atoms with Crippen LogP contribution in [0.4, 0.5) is 4.39 Å². The molecule has 1 atom stereocenters. The van der Waals surface area contributed by atoms with Crippen LogP contribution in [0.3, 0.4) is 0 Å². The number of rotatable bonds is 3. The van der Waals surface area contributed by atoms with Crippen LogP contribution in [0.5, 0.6) is 0 Å². The summed E-state index contributed by atoms with van der Waals surface area (Å²) in [5, 5.41) is 0. The van der Waals surface area contributed by atoms with Gasteiger partial charge in [0.25, 0.3) is 0 Å². The Bertz CT molecular complexity index is 539. The van der Waals surface area contributed by atoms with Gasteiger partial charge in [-0.05, 0) is 42.0 Å². The van der Waals surface area contributed by atoms with E-state index in [9.17, 15) is 8.60 Å². The molecule has 0 aromatic heterocycles. The third-order valence-corrected chi connectivity index (χ3v) is 4.15. The van der Waals surface area contributed by atoms with E-state index in [1.807, 2.05) is 24.3 Å². The summed E-state index contributed by atoms with van der Waals surface area (Å²) >= 11 is 3.37. The molecule has 2 rings (SSSR count). The first kappa shape index (κ1) is 12.5. The first-order valence-electron chi connectivity index (χ1n) is 5.03. The van der Waals surface area contributed by atoms with Crippen molar-refractivity contribution in [3.8, 4) is 0 Å². The quantitative estimate of drug-likeness (QED) is 0.840. The molecular weight excluding hydrogens is 303 g/mol. The standard InChI is InChI=1S/C13H10BrFOS/c14-11-3-1-2-10(8-11)9-17(16)13-6-4-12(15)5-7-13/h1-8H,9H2. The molecule has 0 saturated carbocycles. The van der Waals surface area contributed by atoms with Gasteiger partial charge in [0.2, 0.25) is 0 Å². The lowest BCUT2D eigenvalue weighted by molar-refractivity contribution is 0.626. The van der Waals surface area contributed by atoms with Crippen molar-refractivity contribution in [2.24, 2.45) is 0 Å². The summed E-state index contributed by atoms with van der Waals surface area (Å²) in [4.78, 5) is 0.645. The van der Waals surface area contributed by atoms with Gasteiger partial charge in [0.05, 0.1) is 16.6 Å². The largest absolute Gasteiger partial charge is 0.254 e. The van der Waals surface area contributed by atoms with E-state index < -0.39 is 10.8 Å². The van der Waals surface area contributed by atoms with Crippen LogP contribution >= 0.6 is 15.9 Å². The second-order valence-corrected chi connectivity index (χ2v) is 5.94. The number of hydrogen-bond donors (Lipinski definition) is 0. The maximum atomic E-state index is 12.7. The van der Waals surface area contributed by atoms with Crippen LogP contribution in [0.15, 0.2) is 57.9 Å². The van der Waals surface area contributed by atoms with Crippen molar-refractivity contribution in [2.75, 3.05) is 0 Å². The van der Waals surface area contributed by atoms with Gasteiger partial charge in [0, 0.05) is 9.37 Å². The summed E-state index contributed by atoms with van der Waals surface area (Å²) in [7, 11) is -1.14. The van der Waals surface area contributed by atoms with Gasteiger partial charge >= 0.3 is 0 Å². The van der Waals surface area contributed by atoms with Gasteiger partial charge in [-0.15, -0.1) is 0 Å². The Balaban J connectivity index is 2.14. The zero-order valence-corrected chi connectivity index (χ0v) is 11.3. The molecule has 0 fully saturated rings. The Kier molecular flexibility index (Phi) is 4.07. The Hall–Kier alpha value is -1.00. The zero-order valence-electron chi connectivity index (χ0n) is 8.90. The van der Waals surface area contributed by atoms with Crippen LogP contribution in [0.1, 0.15) is 5.56 Å². The summed E-state index contributed by atoms with van der Waals surface area (Å²) in [5.74, 6) is 0.124. The third-order valence-electron chi connectivity index (χ3n) is 2.26. The highest BCUT2D eigenvalue weighted by Crippen LogP contribution is 2.16. The first-order chi connectivity index (χ1) is 8.15. The third kappa shape index (κ3) is 3.48. The van der Waals surface area contributed by atoms with Gasteiger partial charge in [-0.2, -0.15) is 0 Å². The van der Waals surface area contributed by atoms with Crippen molar-refractivity contribution in [1.29, 1.82) is 0 Å². The predicted octanol–water partition coefficient (Wildman–Crippen LogP) is 3.90. The molecule has 0 bridgehead atoms. The van der Waals surface area contributed by atoms with Crippen molar-refractivity contribution >= 4 is 26.7 Å². The molecule has 88 valence electrons. The normalized spacial score (nSPS) is 12.4. The highest BCUT2D eigenvalue weighted by atomic mass is 79.9. The molecule has 1 nitrogen and oxygen atoms in total. The monoisotopic (exact) mass is 312 g/mol. The second-order valence-electron chi connectivity index (χ2n) is 3.57. The predicted molar refractivity (Wildman–Crippen MR) is 70.7 cm³/mol. The van der Waals surface area contributed by atoms with Crippen molar-refractivity contribution < 1.29 is 8.60 Å². The zero-order chi connectivity index (χ0) is 12.3. The van der Waals surface area contributed by atoms with Gasteiger partial charge in [-0.25, -0.2) is 4.39 Å². The van der Waals surface area contributed by atoms with Crippen LogP contribution in [0.2, 0.25) is 0 Å². The topological polar surface area (TPSA) is 17.1 Å².